The van der Waals surface area contributed by atoms with E-state index >= 15 is 0 Å². The molecule has 0 spiro atoms. The van der Waals surface area contributed by atoms with E-state index in [-0.39, 0.29) is 12.2 Å². The van der Waals surface area contributed by atoms with Gasteiger partial charge in [-0.1, -0.05) is 6.07 Å². The molecule has 0 unspecified atom stereocenters. The topological polar surface area (TPSA) is 70.4 Å². The van der Waals surface area contributed by atoms with Gasteiger partial charge in [-0.25, -0.2) is 4.52 Å². The molecule has 5 nitrogen and oxygen atoms in total. The summed E-state index contributed by atoms with van der Waals surface area (Å²) in [5.74, 6) is 0. The first kappa shape index (κ1) is 9.11. The summed E-state index contributed by atoms with van der Waals surface area (Å²) in [5, 5.41) is 13.1. The Balaban J connectivity index is 2.53. The van der Waals surface area contributed by atoms with Crippen molar-refractivity contribution < 1.29 is 5.11 Å². The van der Waals surface area contributed by atoms with Gasteiger partial charge >= 0.3 is 0 Å². The van der Waals surface area contributed by atoms with Crippen LogP contribution in [0.15, 0.2) is 35.3 Å². The van der Waals surface area contributed by atoms with Gasteiger partial charge in [0.2, 0.25) is 0 Å². The van der Waals surface area contributed by atoms with E-state index < -0.39 is 0 Å². The van der Waals surface area contributed by atoms with E-state index in [2.05, 4.69) is 10.1 Å². The number of benzene rings is 1. The van der Waals surface area contributed by atoms with Crippen LogP contribution in [0.1, 0.15) is 5.56 Å². The highest BCUT2D eigenvalue weighted by atomic mass is 16.3. The van der Waals surface area contributed by atoms with E-state index in [1.54, 1.807) is 22.8 Å². The smallest absolute Gasteiger partial charge is 0.274 e. The van der Waals surface area contributed by atoms with Crippen molar-refractivity contribution in [1.29, 1.82) is 0 Å². The van der Waals surface area contributed by atoms with Crippen LogP contribution in [0.4, 0.5) is 0 Å². The second-order valence-corrected chi connectivity index (χ2v) is 3.59. The number of hydrogen-bond donors (Lipinski definition) is 2. The average molecular weight is 215 g/mol. The van der Waals surface area contributed by atoms with Crippen molar-refractivity contribution in [3.05, 3.63) is 46.4 Å². The Labute approximate surface area is 90.0 Å². The number of fused-ring (bicyclic) bond motifs is 3. The summed E-state index contributed by atoms with van der Waals surface area (Å²) in [6, 6.07) is 7.05. The standard InChI is InChI=1S/C11H9N3O2/c15-6-7-1-2-9-8(5-7)13-11(16)10-3-4-12-14(9)10/h1-5,15H,6H2,(H,13,16). The minimum Gasteiger partial charge on any atom is -0.392 e. The van der Waals surface area contributed by atoms with E-state index in [1.165, 1.54) is 0 Å². The fourth-order valence-electron chi connectivity index (χ4n) is 1.82. The zero-order valence-electron chi connectivity index (χ0n) is 8.34. The lowest BCUT2D eigenvalue weighted by Gasteiger charge is -2.02. The van der Waals surface area contributed by atoms with E-state index in [1.807, 2.05) is 12.1 Å². The molecular weight excluding hydrogens is 206 g/mol. The molecule has 0 amide bonds. The number of rotatable bonds is 1. The normalized spacial score (nSPS) is 11.3. The molecule has 0 fully saturated rings. The first-order valence-corrected chi connectivity index (χ1v) is 4.89. The molecule has 0 radical (unpaired) electrons. The van der Waals surface area contributed by atoms with Crippen LogP contribution >= 0.6 is 0 Å². The number of aromatic nitrogens is 3. The lowest BCUT2D eigenvalue weighted by molar-refractivity contribution is 0.282. The number of nitrogens with zero attached hydrogens (tertiary/aromatic N) is 2. The van der Waals surface area contributed by atoms with Gasteiger partial charge in [-0.3, -0.25) is 4.79 Å². The molecule has 0 saturated carbocycles. The Hall–Kier alpha value is -2.14. The molecule has 3 rings (SSSR count). The molecule has 1 aromatic carbocycles. The quantitative estimate of drug-likeness (QED) is 0.626. The third-order valence-electron chi connectivity index (χ3n) is 2.60. The predicted octanol–water partition coefficient (Wildman–Crippen LogP) is 0.668. The maximum atomic E-state index is 11.7. The zero-order valence-corrected chi connectivity index (χ0v) is 8.34. The first-order chi connectivity index (χ1) is 7.79. The van der Waals surface area contributed by atoms with Crippen LogP contribution in [-0.4, -0.2) is 19.7 Å². The molecule has 0 aliphatic rings. The van der Waals surface area contributed by atoms with Crippen molar-refractivity contribution in [2.75, 3.05) is 0 Å². The lowest BCUT2D eigenvalue weighted by atomic mass is 10.2. The summed E-state index contributed by atoms with van der Waals surface area (Å²) in [4.78, 5) is 14.4. The molecular formula is C11H9N3O2. The van der Waals surface area contributed by atoms with Crippen molar-refractivity contribution in [2.45, 2.75) is 6.61 Å². The Kier molecular flexibility index (Phi) is 1.81. The second-order valence-electron chi connectivity index (χ2n) is 3.59. The van der Waals surface area contributed by atoms with Crippen LogP contribution in [0.25, 0.3) is 16.6 Å². The molecule has 0 atom stereocenters. The summed E-state index contributed by atoms with van der Waals surface area (Å²) >= 11 is 0. The van der Waals surface area contributed by atoms with E-state index in [9.17, 15) is 4.79 Å². The highest BCUT2D eigenvalue weighted by molar-refractivity contribution is 5.78. The van der Waals surface area contributed by atoms with Gasteiger partial charge < -0.3 is 10.1 Å². The van der Waals surface area contributed by atoms with Crippen LogP contribution in [0.5, 0.6) is 0 Å². The fraction of sp³-hybridized carbons (Fsp3) is 0.0909. The molecule has 0 bridgehead atoms. The predicted molar refractivity (Wildman–Crippen MR) is 59.2 cm³/mol. The second kappa shape index (κ2) is 3.18. The monoisotopic (exact) mass is 215 g/mol. The van der Waals surface area contributed by atoms with Crippen molar-refractivity contribution in [3.63, 3.8) is 0 Å². The van der Waals surface area contributed by atoms with Crippen molar-refractivity contribution in [1.82, 2.24) is 14.6 Å². The Morgan fingerprint density at radius 1 is 1.31 bits per heavy atom. The molecule has 2 aromatic heterocycles. The number of aromatic amines is 1. The summed E-state index contributed by atoms with van der Waals surface area (Å²) < 4.78 is 1.59. The molecule has 3 aromatic rings. The number of hydrogen-bond acceptors (Lipinski definition) is 3. The van der Waals surface area contributed by atoms with Crippen molar-refractivity contribution in [2.24, 2.45) is 0 Å². The third-order valence-corrected chi connectivity index (χ3v) is 2.60. The number of nitrogens with one attached hydrogen (secondary N) is 1. The summed E-state index contributed by atoms with van der Waals surface area (Å²) in [7, 11) is 0. The maximum absolute atomic E-state index is 11.7. The van der Waals surface area contributed by atoms with E-state index in [0.29, 0.717) is 11.0 Å². The summed E-state index contributed by atoms with van der Waals surface area (Å²) in [6.07, 6.45) is 1.59. The van der Waals surface area contributed by atoms with Crippen molar-refractivity contribution >= 4 is 16.6 Å². The van der Waals surface area contributed by atoms with E-state index in [0.717, 1.165) is 11.1 Å². The van der Waals surface area contributed by atoms with Crippen LogP contribution in [0.3, 0.4) is 0 Å². The van der Waals surface area contributed by atoms with E-state index in [4.69, 9.17) is 5.11 Å². The molecule has 5 heteroatoms. The number of aliphatic hydroxyl groups excluding tert-OH is 1. The Morgan fingerprint density at radius 2 is 2.19 bits per heavy atom. The van der Waals surface area contributed by atoms with Crippen LogP contribution in [-0.2, 0) is 6.61 Å². The average Bonchev–Trinajstić information content (AvgIpc) is 2.78. The molecule has 0 saturated heterocycles. The van der Waals surface area contributed by atoms with Gasteiger partial charge in [0.15, 0.2) is 0 Å². The minimum absolute atomic E-state index is 0.0465. The van der Waals surface area contributed by atoms with Gasteiger partial charge in [0.25, 0.3) is 5.56 Å². The molecule has 2 heterocycles. The van der Waals surface area contributed by atoms with Gasteiger partial charge in [0, 0.05) is 0 Å². The van der Waals surface area contributed by atoms with Gasteiger partial charge in [0.1, 0.15) is 5.52 Å². The first-order valence-electron chi connectivity index (χ1n) is 4.89. The van der Waals surface area contributed by atoms with Crippen LogP contribution < -0.4 is 5.56 Å². The third kappa shape index (κ3) is 1.15. The molecule has 2 N–H and O–H groups in total. The van der Waals surface area contributed by atoms with Crippen LogP contribution in [0, 0.1) is 0 Å². The van der Waals surface area contributed by atoms with Crippen LogP contribution in [0.2, 0.25) is 0 Å². The number of aliphatic hydroxyl groups is 1. The SMILES string of the molecule is O=c1[nH]c2cc(CO)ccc2n2nccc12. The highest BCUT2D eigenvalue weighted by Gasteiger charge is 2.05. The largest absolute Gasteiger partial charge is 0.392 e. The summed E-state index contributed by atoms with van der Waals surface area (Å²) in [5.41, 5.74) is 2.59. The fourth-order valence-corrected chi connectivity index (χ4v) is 1.82. The van der Waals surface area contributed by atoms with Gasteiger partial charge in [-0.2, -0.15) is 5.10 Å². The maximum Gasteiger partial charge on any atom is 0.274 e. The molecule has 0 aliphatic heterocycles. The highest BCUT2D eigenvalue weighted by Crippen LogP contribution is 2.13. The summed E-state index contributed by atoms with van der Waals surface area (Å²) in [6.45, 7) is -0.0465. The number of H-pyrrole nitrogens is 1. The molecule has 16 heavy (non-hydrogen) atoms. The zero-order chi connectivity index (χ0) is 11.1. The molecule has 80 valence electrons. The van der Waals surface area contributed by atoms with Gasteiger partial charge in [0.05, 0.1) is 23.8 Å². The minimum atomic E-state index is -0.180. The Morgan fingerprint density at radius 3 is 3.00 bits per heavy atom. The molecule has 0 aliphatic carbocycles. The van der Waals surface area contributed by atoms with Crippen molar-refractivity contribution in [3.8, 4) is 0 Å². The Bertz CT molecular complexity index is 727. The van der Waals surface area contributed by atoms with Gasteiger partial charge in [-0.15, -0.1) is 0 Å². The lowest BCUT2D eigenvalue weighted by Crippen LogP contribution is -2.10. The van der Waals surface area contributed by atoms with Gasteiger partial charge in [-0.05, 0) is 23.8 Å².